The Morgan fingerprint density at radius 2 is 2.33 bits per heavy atom. The summed E-state index contributed by atoms with van der Waals surface area (Å²) in [6.45, 7) is 9.26. The summed E-state index contributed by atoms with van der Waals surface area (Å²) in [6, 6.07) is 0.592. The van der Waals surface area contributed by atoms with Gasteiger partial charge >= 0.3 is 0 Å². The highest BCUT2D eigenvalue weighted by Crippen LogP contribution is 2.00. The highest BCUT2D eigenvalue weighted by molar-refractivity contribution is 7.99. The molecule has 0 aromatic carbocycles. The van der Waals surface area contributed by atoms with E-state index in [1.807, 2.05) is 17.8 Å². The minimum atomic E-state index is 0.592. The van der Waals surface area contributed by atoms with Gasteiger partial charge in [-0.05, 0) is 37.8 Å². The molecule has 12 heavy (non-hydrogen) atoms. The average molecular weight is 187 g/mol. The third-order valence-corrected chi connectivity index (χ3v) is 2.67. The number of rotatable bonds is 8. The maximum Gasteiger partial charge on any atom is 0.00731 e. The van der Waals surface area contributed by atoms with Crippen molar-refractivity contribution in [3.05, 3.63) is 12.7 Å². The first kappa shape index (κ1) is 12.0. The molecule has 0 rings (SSSR count). The normalized spacial score (nSPS) is 12.8. The summed E-state index contributed by atoms with van der Waals surface area (Å²) < 4.78 is 0. The molecule has 0 bridgehead atoms. The summed E-state index contributed by atoms with van der Waals surface area (Å²) in [6.07, 6.45) is 4.32. The topological polar surface area (TPSA) is 12.0 Å². The summed E-state index contributed by atoms with van der Waals surface area (Å²) in [5.41, 5.74) is 0. The van der Waals surface area contributed by atoms with Gasteiger partial charge in [0, 0.05) is 6.04 Å². The van der Waals surface area contributed by atoms with E-state index in [0.717, 1.165) is 13.0 Å². The van der Waals surface area contributed by atoms with E-state index in [4.69, 9.17) is 0 Å². The van der Waals surface area contributed by atoms with E-state index in [1.54, 1.807) is 0 Å². The van der Waals surface area contributed by atoms with E-state index in [1.165, 1.54) is 17.9 Å². The van der Waals surface area contributed by atoms with Crippen LogP contribution >= 0.6 is 11.8 Å². The Bertz CT molecular complexity index is 104. The van der Waals surface area contributed by atoms with E-state index in [2.05, 4.69) is 25.7 Å². The first-order valence-electron chi connectivity index (χ1n) is 4.73. The summed E-state index contributed by atoms with van der Waals surface area (Å²) in [4.78, 5) is 0. The minimum absolute atomic E-state index is 0.592. The summed E-state index contributed by atoms with van der Waals surface area (Å²) in [5.74, 6) is 2.52. The van der Waals surface area contributed by atoms with Crippen molar-refractivity contribution >= 4 is 11.8 Å². The van der Waals surface area contributed by atoms with Crippen LogP contribution in [0, 0.1) is 0 Å². The number of hydrogen-bond donors (Lipinski definition) is 1. The lowest BCUT2D eigenvalue weighted by molar-refractivity contribution is 0.553. The first-order valence-corrected chi connectivity index (χ1v) is 5.88. The van der Waals surface area contributed by atoms with E-state index in [-0.39, 0.29) is 0 Å². The van der Waals surface area contributed by atoms with Crippen LogP contribution in [0.5, 0.6) is 0 Å². The molecule has 0 saturated heterocycles. The zero-order chi connectivity index (χ0) is 9.23. The fourth-order valence-corrected chi connectivity index (χ4v) is 1.64. The quantitative estimate of drug-likeness (QED) is 0.463. The van der Waals surface area contributed by atoms with Crippen LogP contribution in [0.2, 0.25) is 0 Å². The Hall–Kier alpha value is 0.0500. The number of hydrogen-bond acceptors (Lipinski definition) is 2. The molecule has 0 aliphatic heterocycles. The zero-order valence-corrected chi connectivity index (χ0v) is 9.12. The Morgan fingerprint density at radius 1 is 1.58 bits per heavy atom. The molecule has 0 saturated carbocycles. The lowest BCUT2D eigenvalue weighted by Crippen LogP contribution is -2.26. The lowest BCUT2D eigenvalue weighted by Gasteiger charge is -2.10. The molecule has 1 atom stereocenters. The van der Waals surface area contributed by atoms with Gasteiger partial charge in [-0.15, -0.1) is 6.58 Å². The fourth-order valence-electron chi connectivity index (χ4n) is 1.00. The molecule has 1 unspecified atom stereocenters. The van der Waals surface area contributed by atoms with Gasteiger partial charge in [-0.25, -0.2) is 0 Å². The molecule has 2 heteroatoms. The van der Waals surface area contributed by atoms with E-state index >= 15 is 0 Å². The second-order valence-corrected chi connectivity index (χ2v) is 4.32. The number of thioether (sulfide) groups is 1. The Morgan fingerprint density at radius 3 is 2.92 bits per heavy atom. The molecule has 0 aromatic rings. The third kappa shape index (κ3) is 8.15. The van der Waals surface area contributed by atoms with Gasteiger partial charge in [-0.2, -0.15) is 11.8 Å². The molecule has 0 aliphatic rings. The van der Waals surface area contributed by atoms with Crippen molar-refractivity contribution < 1.29 is 0 Å². The Labute approximate surface area is 81.0 Å². The third-order valence-electron chi connectivity index (χ3n) is 1.68. The van der Waals surface area contributed by atoms with Gasteiger partial charge in [0.05, 0.1) is 0 Å². The van der Waals surface area contributed by atoms with Crippen LogP contribution in [0.3, 0.4) is 0 Å². The highest BCUT2D eigenvalue weighted by Gasteiger charge is 1.96. The Kier molecular flexibility index (Phi) is 9.18. The molecule has 0 amide bonds. The predicted octanol–water partition coefficient (Wildman–Crippen LogP) is 2.68. The maximum atomic E-state index is 3.71. The molecular weight excluding hydrogens is 166 g/mol. The van der Waals surface area contributed by atoms with Gasteiger partial charge < -0.3 is 5.32 Å². The predicted molar refractivity (Wildman–Crippen MR) is 59.9 cm³/mol. The smallest absolute Gasteiger partial charge is 0.00731 e. The van der Waals surface area contributed by atoms with Crippen LogP contribution in [0.25, 0.3) is 0 Å². The van der Waals surface area contributed by atoms with Crippen molar-refractivity contribution in [3.8, 4) is 0 Å². The summed E-state index contributed by atoms with van der Waals surface area (Å²) >= 11 is 2.01. The van der Waals surface area contributed by atoms with E-state index in [9.17, 15) is 0 Å². The molecule has 1 N–H and O–H groups in total. The van der Waals surface area contributed by atoms with Crippen LogP contribution in [0.1, 0.15) is 26.7 Å². The van der Waals surface area contributed by atoms with Crippen molar-refractivity contribution in [2.45, 2.75) is 32.7 Å². The molecule has 0 aromatic heterocycles. The molecule has 0 radical (unpaired) electrons. The molecule has 72 valence electrons. The van der Waals surface area contributed by atoms with Gasteiger partial charge in [0.1, 0.15) is 0 Å². The van der Waals surface area contributed by atoms with E-state index < -0.39 is 0 Å². The van der Waals surface area contributed by atoms with Crippen LogP contribution in [-0.2, 0) is 0 Å². The van der Waals surface area contributed by atoms with E-state index in [0.29, 0.717) is 6.04 Å². The van der Waals surface area contributed by atoms with Crippen molar-refractivity contribution in [1.29, 1.82) is 0 Å². The van der Waals surface area contributed by atoms with Gasteiger partial charge in [-0.1, -0.05) is 13.0 Å². The standard InChI is InChI=1S/C10H21NS/c1-4-7-10(3)11-8-6-9-12-5-2/h4,10-11H,1,5-9H2,2-3H3. The van der Waals surface area contributed by atoms with Crippen LogP contribution in [0.4, 0.5) is 0 Å². The molecule has 0 aliphatic carbocycles. The van der Waals surface area contributed by atoms with Crippen molar-refractivity contribution in [3.63, 3.8) is 0 Å². The van der Waals surface area contributed by atoms with Gasteiger partial charge in [0.25, 0.3) is 0 Å². The summed E-state index contributed by atoms with van der Waals surface area (Å²) in [7, 11) is 0. The average Bonchev–Trinajstić information content (AvgIpc) is 2.05. The van der Waals surface area contributed by atoms with Crippen LogP contribution in [-0.4, -0.2) is 24.1 Å². The SMILES string of the molecule is C=CCC(C)NCCCSCC. The van der Waals surface area contributed by atoms with Crippen LogP contribution < -0.4 is 5.32 Å². The highest BCUT2D eigenvalue weighted by atomic mass is 32.2. The molecule has 0 spiro atoms. The molecule has 1 nitrogen and oxygen atoms in total. The van der Waals surface area contributed by atoms with Gasteiger partial charge in [0.15, 0.2) is 0 Å². The second kappa shape index (κ2) is 9.14. The van der Waals surface area contributed by atoms with Crippen molar-refractivity contribution in [1.82, 2.24) is 5.32 Å². The summed E-state index contributed by atoms with van der Waals surface area (Å²) in [5, 5.41) is 3.46. The van der Waals surface area contributed by atoms with Crippen LogP contribution in [0.15, 0.2) is 12.7 Å². The molecular formula is C10H21NS. The molecule has 0 heterocycles. The first-order chi connectivity index (χ1) is 5.81. The lowest BCUT2D eigenvalue weighted by atomic mass is 10.2. The fraction of sp³-hybridized carbons (Fsp3) is 0.800. The van der Waals surface area contributed by atoms with Gasteiger partial charge in [0.2, 0.25) is 0 Å². The Balaban J connectivity index is 3.02. The minimum Gasteiger partial charge on any atom is -0.314 e. The zero-order valence-electron chi connectivity index (χ0n) is 8.31. The second-order valence-electron chi connectivity index (χ2n) is 2.93. The van der Waals surface area contributed by atoms with Crippen molar-refractivity contribution in [2.24, 2.45) is 0 Å². The molecule has 0 fully saturated rings. The maximum absolute atomic E-state index is 3.71. The number of nitrogens with one attached hydrogen (secondary N) is 1. The van der Waals surface area contributed by atoms with Crippen molar-refractivity contribution in [2.75, 3.05) is 18.1 Å². The monoisotopic (exact) mass is 187 g/mol. The van der Waals surface area contributed by atoms with Gasteiger partial charge in [-0.3, -0.25) is 0 Å². The largest absolute Gasteiger partial charge is 0.314 e.